The van der Waals surface area contributed by atoms with Gasteiger partial charge in [-0.2, -0.15) is 0 Å². The largest absolute Gasteiger partial charge is 0.573 e. The van der Waals surface area contributed by atoms with E-state index < -0.39 is 6.36 Å². The predicted octanol–water partition coefficient (Wildman–Crippen LogP) is 4.89. The van der Waals surface area contributed by atoms with Gasteiger partial charge in [-0.25, -0.2) is 0 Å². The third-order valence-corrected chi connectivity index (χ3v) is 2.80. The van der Waals surface area contributed by atoms with Crippen LogP contribution in [-0.4, -0.2) is 12.9 Å². The topological polar surface area (TPSA) is 21.3 Å². The normalized spacial score (nSPS) is 11.6. The Kier molecular flexibility index (Phi) is 5.09. The number of ether oxygens (including phenoxy) is 1. The molecule has 0 saturated carbocycles. The maximum Gasteiger partial charge on any atom is 0.573 e. The molecular formula is C17H15F3NO. The van der Waals surface area contributed by atoms with Gasteiger partial charge in [0.05, 0.1) is 0 Å². The SMILES string of the molecule is [CH2]c1ccc(NC/C=C/c2ccc(OC(F)(F)F)cc2)cc1. The van der Waals surface area contributed by atoms with Gasteiger partial charge in [0.25, 0.3) is 0 Å². The van der Waals surface area contributed by atoms with Crippen molar-refractivity contribution in [2.24, 2.45) is 0 Å². The van der Waals surface area contributed by atoms with Crippen molar-refractivity contribution in [2.75, 3.05) is 11.9 Å². The maximum absolute atomic E-state index is 12.0. The van der Waals surface area contributed by atoms with Crippen molar-refractivity contribution in [1.82, 2.24) is 0 Å². The van der Waals surface area contributed by atoms with Gasteiger partial charge in [0.2, 0.25) is 0 Å². The minimum atomic E-state index is -4.66. The van der Waals surface area contributed by atoms with Gasteiger partial charge in [-0.15, -0.1) is 13.2 Å². The molecule has 0 heterocycles. The van der Waals surface area contributed by atoms with Gasteiger partial charge in [0.1, 0.15) is 5.75 Å². The van der Waals surface area contributed by atoms with Crippen LogP contribution in [0.25, 0.3) is 6.08 Å². The Morgan fingerprint density at radius 1 is 1.00 bits per heavy atom. The van der Waals surface area contributed by atoms with Gasteiger partial charge in [-0.05, 0) is 42.3 Å². The average molecular weight is 306 g/mol. The summed E-state index contributed by atoms with van der Waals surface area (Å²) in [6.07, 6.45) is -0.956. The molecule has 0 bridgehead atoms. The van der Waals surface area contributed by atoms with Crippen molar-refractivity contribution in [3.8, 4) is 5.75 Å². The maximum atomic E-state index is 12.0. The lowest BCUT2D eigenvalue weighted by molar-refractivity contribution is -0.274. The molecule has 0 saturated heterocycles. The lowest BCUT2D eigenvalue weighted by Gasteiger charge is -2.08. The summed E-state index contributed by atoms with van der Waals surface area (Å²) >= 11 is 0. The summed E-state index contributed by atoms with van der Waals surface area (Å²) in [6, 6.07) is 13.4. The van der Waals surface area contributed by atoms with E-state index >= 15 is 0 Å². The lowest BCUT2D eigenvalue weighted by Crippen LogP contribution is -2.16. The van der Waals surface area contributed by atoms with Gasteiger partial charge in [-0.3, -0.25) is 0 Å². The van der Waals surface area contributed by atoms with E-state index in [0.717, 1.165) is 16.8 Å². The zero-order valence-corrected chi connectivity index (χ0v) is 11.7. The molecule has 0 amide bonds. The zero-order valence-electron chi connectivity index (χ0n) is 11.7. The number of benzene rings is 2. The molecule has 0 aliphatic heterocycles. The van der Waals surface area contributed by atoms with Crippen LogP contribution in [0.2, 0.25) is 0 Å². The fourth-order valence-corrected chi connectivity index (χ4v) is 1.77. The minimum absolute atomic E-state index is 0.226. The third kappa shape index (κ3) is 5.52. The highest BCUT2D eigenvalue weighted by atomic mass is 19.4. The molecule has 0 unspecified atom stereocenters. The van der Waals surface area contributed by atoms with Crippen molar-refractivity contribution in [1.29, 1.82) is 0 Å². The number of alkyl halides is 3. The predicted molar refractivity (Wildman–Crippen MR) is 81.5 cm³/mol. The highest BCUT2D eigenvalue weighted by molar-refractivity contribution is 5.52. The quantitative estimate of drug-likeness (QED) is 0.849. The molecule has 1 N–H and O–H groups in total. The Balaban J connectivity index is 1.84. The first-order valence-electron chi connectivity index (χ1n) is 6.61. The zero-order chi connectivity index (χ0) is 16.0. The van der Waals surface area contributed by atoms with Crippen molar-refractivity contribution in [3.63, 3.8) is 0 Å². The molecule has 1 radical (unpaired) electrons. The van der Waals surface area contributed by atoms with Crippen LogP contribution >= 0.6 is 0 Å². The molecule has 22 heavy (non-hydrogen) atoms. The van der Waals surface area contributed by atoms with Crippen molar-refractivity contribution in [3.05, 3.63) is 72.7 Å². The van der Waals surface area contributed by atoms with E-state index in [9.17, 15) is 13.2 Å². The third-order valence-electron chi connectivity index (χ3n) is 2.80. The van der Waals surface area contributed by atoms with Crippen LogP contribution in [-0.2, 0) is 0 Å². The van der Waals surface area contributed by atoms with Crippen LogP contribution in [0.3, 0.4) is 0 Å². The molecule has 0 aliphatic rings. The van der Waals surface area contributed by atoms with Gasteiger partial charge in [-0.1, -0.05) is 36.4 Å². The Morgan fingerprint density at radius 3 is 2.23 bits per heavy atom. The first-order chi connectivity index (χ1) is 10.4. The first kappa shape index (κ1) is 15.9. The Morgan fingerprint density at radius 2 is 1.64 bits per heavy atom. The van der Waals surface area contributed by atoms with Crippen LogP contribution in [0, 0.1) is 6.92 Å². The van der Waals surface area contributed by atoms with Crippen molar-refractivity contribution >= 4 is 11.8 Å². The molecule has 0 spiro atoms. The van der Waals surface area contributed by atoms with Crippen molar-refractivity contribution in [2.45, 2.75) is 6.36 Å². The van der Waals surface area contributed by atoms with E-state index in [1.54, 1.807) is 12.1 Å². The van der Waals surface area contributed by atoms with Gasteiger partial charge in [0.15, 0.2) is 0 Å². The van der Waals surface area contributed by atoms with Gasteiger partial charge in [0, 0.05) is 12.2 Å². The highest BCUT2D eigenvalue weighted by Crippen LogP contribution is 2.22. The summed E-state index contributed by atoms with van der Waals surface area (Å²) in [5.74, 6) is -0.226. The second kappa shape index (κ2) is 7.02. The highest BCUT2D eigenvalue weighted by Gasteiger charge is 2.30. The molecule has 5 heteroatoms. The molecule has 0 fully saturated rings. The molecule has 2 nitrogen and oxygen atoms in total. The lowest BCUT2D eigenvalue weighted by atomic mass is 10.2. The van der Waals surface area contributed by atoms with Crippen LogP contribution < -0.4 is 10.1 Å². The number of hydrogen-bond acceptors (Lipinski definition) is 2. The average Bonchev–Trinajstić information content (AvgIpc) is 2.45. The summed E-state index contributed by atoms with van der Waals surface area (Å²) in [4.78, 5) is 0. The van der Waals surface area contributed by atoms with Crippen LogP contribution in [0.4, 0.5) is 18.9 Å². The summed E-state index contributed by atoms with van der Waals surface area (Å²) in [6.45, 7) is 4.41. The molecule has 115 valence electrons. The number of rotatable bonds is 5. The summed E-state index contributed by atoms with van der Waals surface area (Å²) in [7, 11) is 0. The van der Waals surface area contributed by atoms with Crippen LogP contribution in [0.5, 0.6) is 5.75 Å². The fourth-order valence-electron chi connectivity index (χ4n) is 1.77. The smallest absolute Gasteiger partial charge is 0.406 e. The molecule has 0 atom stereocenters. The van der Waals surface area contributed by atoms with Crippen LogP contribution in [0.1, 0.15) is 11.1 Å². The molecule has 2 aromatic carbocycles. The molecule has 2 rings (SSSR count). The summed E-state index contributed by atoms with van der Waals surface area (Å²) < 4.78 is 39.9. The number of halogens is 3. The second-order valence-electron chi connectivity index (χ2n) is 4.60. The first-order valence-corrected chi connectivity index (χ1v) is 6.61. The van der Waals surface area contributed by atoms with Crippen LogP contribution in [0.15, 0.2) is 54.6 Å². The molecule has 2 aromatic rings. The Bertz CT molecular complexity index is 616. The second-order valence-corrected chi connectivity index (χ2v) is 4.60. The van der Waals surface area contributed by atoms with E-state index in [2.05, 4.69) is 17.0 Å². The summed E-state index contributed by atoms with van der Waals surface area (Å²) in [5.41, 5.74) is 2.72. The number of hydrogen-bond donors (Lipinski definition) is 1. The Hall–Kier alpha value is -2.43. The molecule has 0 aromatic heterocycles. The molecule has 0 aliphatic carbocycles. The number of nitrogens with one attached hydrogen (secondary N) is 1. The van der Waals surface area contributed by atoms with Crippen molar-refractivity contribution < 1.29 is 17.9 Å². The Labute approximate surface area is 127 Å². The fraction of sp³-hybridized carbons (Fsp3) is 0.118. The number of anilines is 1. The summed E-state index contributed by atoms with van der Waals surface area (Å²) in [5, 5.41) is 3.20. The van der Waals surface area contributed by atoms with Gasteiger partial charge < -0.3 is 10.1 Å². The van der Waals surface area contributed by atoms with E-state index in [-0.39, 0.29) is 5.75 Å². The van der Waals surface area contributed by atoms with E-state index in [1.807, 2.05) is 36.4 Å². The van der Waals surface area contributed by atoms with Gasteiger partial charge >= 0.3 is 6.36 Å². The monoisotopic (exact) mass is 306 g/mol. The van der Waals surface area contributed by atoms with E-state index in [4.69, 9.17) is 0 Å². The van der Waals surface area contributed by atoms with E-state index in [1.165, 1.54) is 12.1 Å². The molecular weight excluding hydrogens is 291 g/mol. The standard InChI is InChI=1S/C17H15F3NO/c1-13-4-8-15(9-5-13)21-12-2-3-14-6-10-16(11-7-14)22-17(18,19)20/h2-11,21H,1,12H2/b3-2+. The minimum Gasteiger partial charge on any atom is -0.406 e. The van der Waals surface area contributed by atoms with E-state index in [0.29, 0.717) is 6.54 Å².